The van der Waals surface area contributed by atoms with Crippen LogP contribution in [0.25, 0.3) is 0 Å². The van der Waals surface area contributed by atoms with Gasteiger partial charge in [-0.25, -0.2) is 4.21 Å². The Morgan fingerprint density at radius 2 is 1.60 bits per heavy atom. The average Bonchev–Trinajstić information content (AvgIpc) is 2.16. The van der Waals surface area contributed by atoms with Gasteiger partial charge in [0.1, 0.15) is 10.8 Å². The lowest BCUT2D eigenvalue weighted by molar-refractivity contribution is 0.180. The van der Waals surface area contributed by atoms with E-state index in [1.165, 1.54) is 18.2 Å². The highest BCUT2D eigenvalue weighted by atomic mass is 32.3. The maximum Gasteiger partial charge on any atom is 0.454 e. The molecule has 8 heteroatoms. The maximum absolute atomic E-state index is 12.7. The molecule has 0 bridgehead atoms. The van der Waals surface area contributed by atoms with Gasteiger partial charge >= 0.3 is 14.8 Å². The van der Waals surface area contributed by atoms with Crippen LogP contribution in [-0.4, -0.2) is 17.2 Å². The molecule has 0 radical (unpaired) electrons. The summed E-state index contributed by atoms with van der Waals surface area (Å²) < 4.78 is 63.9. The molecule has 0 heterocycles. The van der Waals surface area contributed by atoms with Crippen LogP contribution in [0.15, 0.2) is 35.2 Å². The molecule has 0 amide bonds. The van der Waals surface area contributed by atoms with Crippen LogP contribution in [0.5, 0.6) is 0 Å². The second kappa shape index (κ2) is 3.93. The van der Waals surface area contributed by atoms with Crippen molar-refractivity contribution < 1.29 is 25.3 Å². The molecule has 1 aromatic rings. The molecule has 1 atom stereocenters. The van der Waals surface area contributed by atoms with Gasteiger partial charge in [0.2, 0.25) is 0 Å². The van der Waals surface area contributed by atoms with E-state index in [0.717, 1.165) is 12.1 Å². The van der Waals surface area contributed by atoms with E-state index in [1.807, 2.05) is 0 Å². The first-order chi connectivity index (χ1) is 6.77. The topological polar surface area (TPSA) is 51.2 Å². The molecule has 0 N–H and O–H groups in total. The lowest BCUT2D eigenvalue weighted by Crippen LogP contribution is -2.30. The van der Waals surface area contributed by atoms with E-state index in [9.17, 15) is 25.3 Å². The highest BCUT2D eigenvalue weighted by Gasteiger charge is 2.52. The number of hydrogen-bond donors (Lipinski definition) is 0. The van der Waals surface area contributed by atoms with Gasteiger partial charge in [-0.3, -0.25) is 0 Å². The molecule has 0 aromatic heterocycles. The van der Waals surface area contributed by atoms with E-state index in [2.05, 4.69) is 0 Å². The smallest absolute Gasteiger partial charge is 0.247 e. The summed E-state index contributed by atoms with van der Waals surface area (Å²) in [7, 11) is -9.44. The number of benzene rings is 1. The summed E-state index contributed by atoms with van der Waals surface area (Å²) in [6.45, 7) is 0. The van der Waals surface area contributed by atoms with E-state index >= 15 is 0 Å². The van der Waals surface area contributed by atoms with Crippen molar-refractivity contribution in [1.82, 2.24) is 0 Å². The molecule has 1 aromatic carbocycles. The van der Waals surface area contributed by atoms with Gasteiger partial charge < -0.3 is 0 Å². The Morgan fingerprint density at radius 1 is 1.13 bits per heavy atom. The first-order valence-electron chi connectivity index (χ1n) is 3.56. The van der Waals surface area contributed by atoms with Crippen molar-refractivity contribution in [2.24, 2.45) is 0 Å². The van der Waals surface area contributed by atoms with Crippen LogP contribution in [0.3, 0.4) is 0 Å². The van der Waals surface area contributed by atoms with Gasteiger partial charge in [0.05, 0.1) is 0 Å². The molecule has 0 saturated heterocycles. The van der Waals surface area contributed by atoms with Crippen molar-refractivity contribution in [2.45, 2.75) is 9.48 Å². The third-order valence-corrected chi connectivity index (χ3v) is 4.21. The molecule has 15 heavy (non-hydrogen) atoms. The van der Waals surface area contributed by atoms with E-state index in [4.69, 9.17) is 0 Å². The monoisotopic (exact) mass is 258 g/mol. The van der Waals surface area contributed by atoms with Crippen LogP contribution in [0.2, 0.25) is 0 Å². The Balaban J connectivity index is 3.17. The molecule has 0 aliphatic rings. The molecule has 0 fully saturated rings. The summed E-state index contributed by atoms with van der Waals surface area (Å²) in [4.78, 5) is -0.455. The van der Waals surface area contributed by atoms with Gasteiger partial charge in [0.15, 0.2) is 0 Å². The second-order valence-electron chi connectivity index (χ2n) is 2.48. The molecule has 3 nitrogen and oxygen atoms in total. The van der Waals surface area contributed by atoms with Crippen molar-refractivity contribution in [2.75, 3.05) is 0 Å². The minimum atomic E-state index is -6.18. The van der Waals surface area contributed by atoms with Gasteiger partial charge in [-0.15, -0.1) is 0 Å². The highest BCUT2D eigenvalue weighted by Crippen LogP contribution is 2.31. The summed E-state index contributed by atoms with van der Waals surface area (Å²) in [6, 6.07) is 6.08. The average molecular weight is 258 g/mol. The minimum Gasteiger partial charge on any atom is -0.247 e. The van der Waals surface area contributed by atoms with E-state index in [0.29, 0.717) is 0 Å². The summed E-state index contributed by atoms with van der Waals surface area (Å²) in [5.74, 6) is 0. The fourth-order valence-corrected chi connectivity index (χ4v) is 2.46. The zero-order chi connectivity index (χ0) is 11.7. The summed E-state index contributed by atoms with van der Waals surface area (Å²) in [6.07, 6.45) is 0. The van der Waals surface area contributed by atoms with Gasteiger partial charge in [-0.05, 0) is 12.1 Å². The maximum atomic E-state index is 12.7. The fourth-order valence-electron chi connectivity index (χ4n) is 0.772. The van der Waals surface area contributed by atoms with Gasteiger partial charge in [-0.2, -0.15) is 17.2 Å². The summed E-state index contributed by atoms with van der Waals surface area (Å²) in [5.41, 5.74) is 0. The Morgan fingerprint density at radius 3 is 2.00 bits per heavy atom. The van der Waals surface area contributed by atoms with E-state index < -0.39 is 30.5 Å². The third-order valence-electron chi connectivity index (χ3n) is 1.46. The Bertz CT molecular complexity index is 470. The van der Waals surface area contributed by atoms with Crippen molar-refractivity contribution in [3.63, 3.8) is 0 Å². The fraction of sp³-hybridized carbons (Fsp3) is 0.143. The van der Waals surface area contributed by atoms with Crippen molar-refractivity contribution in [3.8, 4) is 0 Å². The molecule has 0 aliphatic carbocycles. The van der Waals surface area contributed by atoms with Crippen molar-refractivity contribution in [1.29, 1.82) is 0 Å². The second-order valence-corrected chi connectivity index (χ2v) is 5.65. The highest BCUT2D eigenvalue weighted by molar-refractivity contribution is 8.04. The minimum absolute atomic E-state index is 0.455. The van der Waals surface area contributed by atoms with Crippen LogP contribution >= 0.6 is 0 Å². The predicted molar refractivity (Wildman–Crippen MR) is 47.8 cm³/mol. The Hall–Kier alpha value is -0.890. The van der Waals surface area contributed by atoms with Gasteiger partial charge in [0.25, 0.3) is 0 Å². The Kier molecular flexibility index (Phi) is 3.19. The van der Waals surface area contributed by atoms with E-state index in [1.54, 1.807) is 0 Å². The van der Waals surface area contributed by atoms with Crippen LogP contribution in [-0.2, 0) is 21.0 Å². The third kappa shape index (κ3) is 2.37. The molecular formula is C7H5F3O3S2. The quantitative estimate of drug-likeness (QED) is 0.774. The first-order valence-corrected chi connectivity index (χ1v) is 6.09. The van der Waals surface area contributed by atoms with E-state index in [-0.39, 0.29) is 0 Å². The Labute approximate surface area is 86.6 Å². The number of hydrogen-bond acceptors (Lipinski definition) is 3. The normalized spacial score (nSPS) is 14.9. The summed E-state index contributed by atoms with van der Waals surface area (Å²) >= 11 is 0. The SMILES string of the molecule is O=S(c1ccccc1)C(F)(F)S(=O)(=O)F. The standard InChI is InChI=1S/C7H5F3O3S2/c8-7(9,15(10,12)13)14(11)6-4-2-1-3-5-6/h1-5H. The van der Waals surface area contributed by atoms with Crippen LogP contribution in [0.1, 0.15) is 0 Å². The molecular weight excluding hydrogens is 253 g/mol. The molecule has 0 saturated carbocycles. The van der Waals surface area contributed by atoms with Gasteiger partial charge in [0, 0.05) is 4.90 Å². The van der Waals surface area contributed by atoms with Crippen molar-refractivity contribution in [3.05, 3.63) is 30.3 Å². The molecule has 1 rings (SSSR count). The lowest BCUT2D eigenvalue weighted by Gasteiger charge is -2.10. The largest absolute Gasteiger partial charge is 0.454 e. The summed E-state index contributed by atoms with van der Waals surface area (Å²) in [5, 5.41) is 0. The van der Waals surface area contributed by atoms with Crippen LogP contribution in [0.4, 0.5) is 12.7 Å². The number of halogens is 3. The first kappa shape index (κ1) is 12.2. The zero-order valence-corrected chi connectivity index (χ0v) is 8.69. The number of rotatable bonds is 3. The molecule has 1 unspecified atom stereocenters. The predicted octanol–water partition coefficient (Wildman–Crippen LogP) is 1.64. The van der Waals surface area contributed by atoms with Crippen LogP contribution < -0.4 is 0 Å². The van der Waals surface area contributed by atoms with Crippen molar-refractivity contribution >= 4 is 21.0 Å². The van der Waals surface area contributed by atoms with Gasteiger partial charge in [-0.1, -0.05) is 22.1 Å². The molecule has 0 aliphatic heterocycles. The molecule has 0 spiro atoms. The lowest BCUT2D eigenvalue weighted by atomic mass is 10.4. The zero-order valence-electron chi connectivity index (χ0n) is 7.06. The molecule has 84 valence electrons. The van der Waals surface area contributed by atoms with Crippen LogP contribution in [0, 0.1) is 0 Å². The number of alkyl halides is 2.